The first kappa shape index (κ1) is 20.8. The predicted octanol–water partition coefficient (Wildman–Crippen LogP) is 2.00. The van der Waals surface area contributed by atoms with E-state index in [1.807, 2.05) is 47.4 Å². The van der Waals surface area contributed by atoms with Crippen molar-refractivity contribution in [1.82, 2.24) is 4.90 Å². The first-order valence-corrected chi connectivity index (χ1v) is 9.60. The van der Waals surface area contributed by atoms with Crippen LogP contribution in [0.25, 0.3) is 0 Å². The quantitative estimate of drug-likeness (QED) is 0.650. The summed E-state index contributed by atoms with van der Waals surface area (Å²) in [6.45, 7) is 1.63. The molecule has 29 heavy (non-hydrogen) atoms. The second kappa shape index (κ2) is 10.0. The molecule has 0 bridgehead atoms. The van der Waals surface area contributed by atoms with E-state index < -0.39 is 18.1 Å². The molecule has 0 aliphatic carbocycles. The third kappa shape index (κ3) is 5.79. The number of aryl methyl sites for hydroxylation is 1. The molecule has 1 aliphatic heterocycles. The first-order valence-electron chi connectivity index (χ1n) is 9.60. The molecule has 2 N–H and O–H groups in total. The number of ether oxygens (including phenoxy) is 3. The molecule has 2 aromatic carbocycles. The number of methoxy groups -OCH3 is 1. The second-order valence-corrected chi connectivity index (χ2v) is 6.92. The monoisotopic (exact) mass is 398 g/mol. The Hall–Kier alpha value is -2.90. The molecule has 7 heteroatoms. The van der Waals surface area contributed by atoms with Crippen molar-refractivity contribution in [2.75, 3.05) is 26.8 Å². The van der Waals surface area contributed by atoms with Crippen LogP contribution in [0.4, 0.5) is 0 Å². The highest BCUT2D eigenvalue weighted by Crippen LogP contribution is 2.20. The van der Waals surface area contributed by atoms with Crippen LogP contribution in [0.2, 0.25) is 0 Å². The molecule has 0 radical (unpaired) electrons. The van der Waals surface area contributed by atoms with E-state index in [0.717, 1.165) is 24.2 Å². The Morgan fingerprint density at radius 2 is 1.86 bits per heavy atom. The second-order valence-electron chi connectivity index (χ2n) is 6.92. The van der Waals surface area contributed by atoms with Crippen LogP contribution in [0.1, 0.15) is 22.3 Å². The van der Waals surface area contributed by atoms with Gasteiger partial charge < -0.3 is 19.9 Å². The van der Waals surface area contributed by atoms with Gasteiger partial charge in [0.05, 0.1) is 7.11 Å². The molecule has 2 atom stereocenters. The lowest BCUT2D eigenvalue weighted by Crippen LogP contribution is -2.38. The Morgan fingerprint density at radius 3 is 2.52 bits per heavy atom. The van der Waals surface area contributed by atoms with E-state index in [0.29, 0.717) is 25.3 Å². The summed E-state index contributed by atoms with van der Waals surface area (Å²) in [6.07, 6.45) is 0.712. The highest BCUT2D eigenvalue weighted by atomic mass is 16.6. The van der Waals surface area contributed by atoms with Crippen molar-refractivity contribution in [1.29, 1.82) is 0 Å². The lowest BCUT2D eigenvalue weighted by molar-refractivity contribution is -0.161. The van der Waals surface area contributed by atoms with Crippen LogP contribution in [0, 0.1) is 0 Å². The minimum absolute atomic E-state index is 0.214. The molecule has 1 saturated heterocycles. The Bertz CT molecular complexity index is 810. The number of para-hydroxylation sites is 1. The number of rotatable bonds is 9. The van der Waals surface area contributed by atoms with Gasteiger partial charge >= 0.3 is 5.97 Å². The van der Waals surface area contributed by atoms with Gasteiger partial charge in [-0.1, -0.05) is 30.3 Å². The Morgan fingerprint density at radius 1 is 1.14 bits per heavy atom. The summed E-state index contributed by atoms with van der Waals surface area (Å²) in [5.41, 5.74) is 6.86. The summed E-state index contributed by atoms with van der Waals surface area (Å²) < 4.78 is 16.5. The van der Waals surface area contributed by atoms with Gasteiger partial charge in [0.1, 0.15) is 18.5 Å². The zero-order chi connectivity index (χ0) is 20.6. The summed E-state index contributed by atoms with van der Waals surface area (Å²) in [7, 11) is 1.36. The van der Waals surface area contributed by atoms with Crippen molar-refractivity contribution >= 4 is 11.9 Å². The average Bonchev–Trinajstić information content (AvgIpc) is 3.16. The topological polar surface area (TPSA) is 91.1 Å². The fourth-order valence-corrected chi connectivity index (χ4v) is 3.30. The van der Waals surface area contributed by atoms with Gasteiger partial charge in [0.2, 0.25) is 12.1 Å². The Kier molecular flexibility index (Phi) is 7.21. The minimum atomic E-state index is -0.721. The third-order valence-corrected chi connectivity index (χ3v) is 4.82. The number of benzene rings is 2. The summed E-state index contributed by atoms with van der Waals surface area (Å²) in [5.74, 6) is -0.0722. The Labute approximate surface area is 170 Å². The molecule has 1 amide bonds. The van der Waals surface area contributed by atoms with E-state index in [9.17, 15) is 9.59 Å². The maximum Gasteiger partial charge on any atom is 0.350 e. The fourth-order valence-electron chi connectivity index (χ4n) is 3.30. The van der Waals surface area contributed by atoms with E-state index in [1.54, 1.807) is 12.1 Å². The van der Waals surface area contributed by atoms with E-state index in [1.165, 1.54) is 7.11 Å². The van der Waals surface area contributed by atoms with Crippen molar-refractivity contribution < 1.29 is 23.8 Å². The molecule has 2 unspecified atom stereocenters. The zero-order valence-electron chi connectivity index (χ0n) is 16.5. The lowest BCUT2D eigenvalue weighted by Gasteiger charge is -2.20. The Balaban J connectivity index is 1.51. The van der Waals surface area contributed by atoms with Gasteiger partial charge in [-0.25, -0.2) is 4.79 Å². The minimum Gasteiger partial charge on any atom is -0.491 e. The van der Waals surface area contributed by atoms with Gasteiger partial charge in [-0.2, -0.15) is 0 Å². The van der Waals surface area contributed by atoms with Crippen molar-refractivity contribution in [2.45, 2.75) is 25.2 Å². The molecule has 1 fully saturated rings. The number of carbonyl (C=O) groups excluding carboxylic acids is 2. The van der Waals surface area contributed by atoms with Gasteiger partial charge in [-0.05, 0) is 42.7 Å². The van der Waals surface area contributed by atoms with Crippen LogP contribution in [0.15, 0.2) is 54.6 Å². The molecule has 0 aromatic heterocycles. The van der Waals surface area contributed by atoms with Crippen LogP contribution in [-0.2, 0) is 20.7 Å². The van der Waals surface area contributed by atoms with Crippen LogP contribution >= 0.6 is 0 Å². The van der Waals surface area contributed by atoms with E-state index in [2.05, 4.69) is 0 Å². The summed E-state index contributed by atoms with van der Waals surface area (Å²) >= 11 is 0. The number of primary amides is 1. The number of carbonyl (C=O) groups is 2. The maximum absolute atomic E-state index is 12.1. The van der Waals surface area contributed by atoms with Gasteiger partial charge in [0.15, 0.2) is 0 Å². The predicted molar refractivity (Wildman–Crippen MR) is 107 cm³/mol. The molecular weight excluding hydrogens is 372 g/mol. The van der Waals surface area contributed by atoms with E-state index in [-0.39, 0.29) is 6.10 Å². The van der Waals surface area contributed by atoms with E-state index in [4.69, 9.17) is 19.9 Å². The van der Waals surface area contributed by atoms with Crippen molar-refractivity contribution in [3.63, 3.8) is 0 Å². The number of nitrogens with zero attached hydrogens (tertiary/aromatic N) is 1. The molecule has 1 heterocycles. The summed E-state index contributed by atoms with van der Waals surface area (Å²) in [4.78, 5) is 25.2. The number of esters is 1. The maximum atomic E-state index is 12.1. The molecule has 1 aliphatic rings. The first-order chi connectivity index (χ1) is 14.1. The number of hydrogen-bond donors (Lipinski definition) is 1. The average molecular weight is 398 g/mol. The van der Waals surface area contributed by atoms with Crippen LogP contribution in [-0.4, -0.2) is 55.9 Å². The molecule has 2 aromatic rings. The molecule has 0 saturated carbocycles. The normalized spacial score (nSPS) is 19.1. The van der Waals surface area contributed by atoms with Gasteiger partial charge in [0.25, 0.3) is 0 Å². The van der Waals surface area contributed by atoms with Crippen LogP contribution < -0.4 is 10.5 Å². The van der Waals surface area contributed by atoms with Crippen molar-refractivity contribution in [3.05, 3.63) is 65.7 Å². The van der Waals surface area contributed by atoms with E-state index >= 15 is 0 Å². The van der Waals surface area contributed by atoms with Crippen molar-refractivity contribution in [2.24, 2.45) is 5.73 Å². The highest BCUT2D eigenvalue weighted by molar-refractivity contribution is 5.92. The standard InChI is InChI=1S/C22H26N2O5/c1-27-22(26)21-24(13-5-6-16-9-11-17(12-10-16)20(23)25)14-19(29-21)15-28-18-7-3-2-4-8-18/h2-4,7-12,19,21H,5-6,13-15H2,1H3,(H2,23,25). The fraction of sp³-hybridized carbons (Fsp3) is 0.364. The SMILES string of the molecule is COC(=O)C1OC(COc2ccccc2)CN1CCCc1ccc(C(N)=O)cc1. The molecule has 154 valence electrons. The molecule has 0 spiro atoms. The smallest absolute Gasteiger partial charge is 0.350 e. The molecular formula is C22H26N2O5. The van der Waals surface area contributed by atoms with Gasteiger partial charge in [-0.3, -0.25) is 9.69 Å². The lowest BCUT2D eigenvalue weighted by atomic mass is 10.1. The number of nitrogens with two attached hydrogens (primary N) is 1. The number of amides is 1. The molecule has 7 nitrogen and oxygen atoms in total. The third-order valence-electron chi connectivity index (χ3n) is 4.82. The summed E-state index contributed by atoms with van der Waals surface area (Å²) in [6, 6.07) is 16.8. The largest absolute Gasteiger partial charge is 0.491 e. The highest BCUT2D eigenvalue weighted by Gasteiger charge is 2.38. The summed E-state index contributed by atoms with van der Waals surface area (Å²) in [5, 5.41) is 0. The molecule has 3 rings (SSSR count). The van der Waals surface area contributed by atoms with Gasteiger partial charge in [-0.15, -0.1) is 0 Å². The zero-order valence-corrected chi connectivity index (χ0v) is 16.5. The number of hydrogen-bond acceptors (Lipinski definition) is 6. The van der Waals surface area contributed by atoms with Crippen LogP contribution in [0.3, 0.4) is 0 Å². The van der Waals surface area contributed by atoms with Crippen LogP contribution in [0.5, 0.6) is 5.75 Å². The van der Waals surface area contributed by atoms with Gasteiger partial charge in [0, 0.05) is 18.7 Å². The van der Waals surface area contributed by atoms with Crippen molar-refractivity contribution in [3.8, 4) is 5.75 Å².